The zero-order chi connectivity index (χ0) is 32.9. The molecular weight excluding hydrogens is 560 g/mol. The van der Waals surface area contributed by atoms with Crippen LogP contribution in [0.4, 0.5) is 0 Å². The quantitative estimate of drug-likeness (QED) is 0.0471. The topological polar surface area (TPSA) is 72.8 Å². The fourth-order valence-corrected chi connectivity index (χ4v) is 4.52. The molecule has 0 heterocycles. The van der Waals surface area contributed by atoms with Gasteiger partial charge in [0.25, 0.3) is 0 Å². The normalized spacial score (nSPS) is 13.0. The van der Waals surface area contributed by atoms with Crippen molar-refractivity contribution in [3.63, 3.8) is 0 Å². The smallest absolute Gasteiger partial charge is 0.305 e. The molecule has 45 heavy (non-hydrogen) atoms. The van der Waals surface area contributed by atoms with E-state index >= 15 is 0 Å². The number of allylic oxidation sites excluding steroid dienone is 12. The largest absolute Gasteiger partial charge is 0.463 e. The number of aliphatic hydroxyl groups excluding tert-OH is 1. The first-order chi connectivity index (χ1) is 22.1. The molecule has 5 heteroatoms. The van der Waals surface area contributed by atoms with Gasteiger partial charge in [0.15, 0.2) is 0 Å². The number of hydrogen-bond acceptors (Lipinski definition) is 5. The summed E-state index contributed by atoms with van der Waals surface area (Å²) in [6, 6.07) is 0. The lowest BCUT2D eigenvalue weighted by Crippen LogP contribution is -2.25. The first-order valence-corrected chi connectivity index (χ1v) is 18.0. The van der Waals surface area contributed by atoms with E-state index in [0.717, 1.165) is 96.3 Å². The van der Waals surface area contributed by atoms with E-state index in [4.69, 9.17) is 9.47 Å². The molecule has 0 radical (unpaired) electrons. The van der Waals surface area contributed by atoms with E-state index in [1.807, 2.05) is 0 Å². The number of hydrogen-bond donors (Lipinski definition) is 1. The highest BCUT2D eigenvalue weighted by atomic mass is 16.6. The number of ether oxygens (including phenoxy) is 2. The Morgan fingerprint density at radius 1 is 0.467 bits per heavy atom. The Labute approximate surface area is 276 Å². The highest BCUT2D eigenvalue weighted by Crippen LogP contribution is 2.11. The molecule has 0 aromatic carbocycles. The van der Waals surface area contributed by atoms with E-state index in [2.05, 4.69) is 86.8 Å². The standard InChI is InChI=1S/C40H66O5/c1-3-5-7-9-11-13-15-17-19-21-23-25-27-29-31-33-35-40(43)45-37-38(41)36-44-39(42)34-32-30-28-26-24-22-20-18-16-14-12-10-8-6-4-2/h5-8,11-14,17-20,38,41H,3-4,9-10,15-16,21-37H2,1-2H3. The van der Waals surface area contributed by atoms with Gasteiger partial charge in [-0.05, 0) is 77.0 Å². The van der Waals surface area contributed by atoms with Crippen molar-refractivity contribution in [2.75, 3.05) is 13.2 Å². The van der Waals surface area contributed by atoms with Gasteiger partial charge in [0, 0.05) is 12.8 Å². The molecule has 1 N–H and O–H groups in total. The van der Waals surface area contributed by atoms with Gasteiger partial charge in [-0.25, -0.2) is 0 Å². The third-order valence-electron chi connectivity index (χ3n) is 7.19. The summed E-state index contributed by atoms with van der Waals surface area (Å²) < 4.78 is 10.3. The van der Waals surface area contributed by atoms with Crippen LogP contribution < -0.4 is 0 Å². The van der Waals surface area contributed by atoms with Gasteiger partial charge in [0.05, 0.1) is 0 Å². The molecule has 0 aromatic rings. The minimum Gasteiger partial charge on any atom is -0.463 e. The Balaban J connectivity index is 3.52. The van der Waals surface area contributed by atoms with Gasteiger partial charge in [0.1, 0.15) is 19.3 Å². The fourth-order valence-electron chi connectivity index (χ4n) is 4.52. The van der Waals surface area contributed by atoms with Gasteiger partial charge in [-0.1, -0.05) is 132 Å². The monoisotopic (exact) mass is 626 g/mol. The minimum absolute atomic E-state index is 0.133. The SMILES string of the molecule is CCC=CCC=CCC=CCCCCCCCCC(=O)OCC(O)COC(=O)CCCCCCCC=CCC=CCC=CCC. The Morgan fingerprint density at radius 3 is 1.16 bits per heavy atom. The molecular formula is C40H66O5. The number of carbonyl (C=O) groups excluding carboxylic acids is 2. The van der Waals surface area contributed by atoms with Gasteiger partial charge in [0.2, 0.25) is 0 Å². The summed E-state index contributed by atoms with van der Waals surface area (Å²) in [6.45, 7) is 4.03. The zero-order valence-corrected chi connectivity index (χ0v) is 28.8. The summed E-state index contributed by atoms with van der Waals surface area (Å²) in [5.41, 5.74) is 0. The van der Waals surface area contributed by atoms with Gasteiger partial charge < -0.3 is 14.6 Å². The molecule has 0 saturated carbocycles. The van der Waals surface area contributed by atoms with Crippen LogP contribution in [0.1, 0.15) is 149 Å². The van der Waals surface area contributed by atoms with Gasteiger partial charge in [-0.3, -0.25) is 9.59 Å². The number of aliphatic hydroxyl groups is 1. The summed E-state index contributed by atoms with van der Waals surface area (Å²) in [6.07, 6.45) is 46.6. The predicted octanol–water partition coefficient (Wildman–Crippen LogP) is 11.0. The molecule has 0 spiro atoms. The maximum absolute atomic E-state index is 11.9. The van der Waals surface area contributed by atoms with Crippen LogP contribution in [0.15, 0.2) is 72.9 Å². The predicted molar refractivity (Wildman–Crippen MR) is 191 cm³/mol. The van der Waals surface area contributed by atoms with Crippen molar-refractivity contribution in [3.05, 3.63) is 72.9 Å². The highest BCUT2D eigenvalue weighted by molar-refractivity contribution is 5.69. The summed E-state index contributed by atoms with van der Waals surface area (Å²) in [5, 5.41) is 9.99. The molecule has 1 unspecified atom stereocenters. The molecule has 0 aliphatic heterocycles. The molecule has 0 rings (SSSR count). The summed E-state index contributed by atoms with van der Waals surface area (Å²) >= 11 is 0. The van der Waals surface area contributed by atoms with E-state index in [-0.39, 0.29) is 25.2 Å². The number of carbonyl (C=O) groups is 2. The van der Waals surface area contributed by atoms with Gasteiger partial charge in [-0.2, -0.15) is 0 Å². The van der Waals surface area contributed by atoms with Crippen molar-refractivity contribution in [1.82, 2.24) is 0 Å². The third kappa shape index (κ3) is 35.7. The number of esters is 2. The molecule has 0 saturated heterocycles. The van der Waals surface area contributed by atoms with Crippen LogP contribution in [0.2, 0.25) is 0 Å². The lowest BCUT2D eigenvalue weighted by molar-refractivity contribution is -0.152. The average Bonchev–Trinajstić information content (AvgIpc) is 3.04. The van der Waals surface area contributed by atoms with Crippen molar-refractivity contribution < 1.29 is 24.2 Å². The molecule has 0 fully saturated rings. The van der Waals surface area contributed by atoms with Crippen molar-refractivity contribution in [2.45, 2.75) is 155 Å². The van der Waals surface area contributed by atoms with Crippen LogP contribution in [-0.4, -0.2) is 36.4 Å². The Kier molecular flexibility index (Phi) is 33.7. The van der Waals surface area contributed by atoms with Crippen LogP contribution in [0, 0.1) is 0 Å². The first-order valence-electron chi connectivity index (χ1n) is 18.0. The molecule has 5 nitrogen and oxygen atoms in total. The summed E-state index contributed by atoms with van der Waals surface area (Å²) in [4.78, 5) is 23.9. The maximum Gasteiger partial charge on any atom is 0.305 e. The molecule has 0 aliphatic rings. The second kappa shape index (κ2) is 35.8. The number of unbranched alkanes of at least 4 members (excludes halogenated alkanes) is 11. The Bertz CT molecular complexity index is 849. The first kappa shape index (κ1) is 42.3. The summed E-state index contributed by atoms with van der Waals surface area (Å²) in [5.74, 6) is -0.607. The Morgan fingerprint density at radius 2 is 0.778 bits per heavy atom. The lowest BCUT2D eigenvalue weighted by Gasteiger charge is -2.12. The number of rotatable bonds is 31. The van der Waals surface area contributed by atoms with Crippen molar-refractivity contribution in [3.8, 4) is 0 Å². The minimum atomic E-state index is -0.979. The van der Waals surface area contributed by atoms with Crippen LogP contribution in [0.3, 0.4) is 0 Å². The van der Waals surface area contributed by atoms with E-state index in [9.17, 15) is 14.7 Å². The summed E-state index contributed by atoms with van der Waals surface area (Å²) in [7, 11) is 0. The molecule has 0 aliphatic carbocycles. The molecule has 1 atom stereocenters. The Hall–Kier alpha value is -2.66. The van der Waals surface area contributed by atoms with Crippen LogP contribution in [0.25, 0.3) is 0 Å². The highest BCUT2D eigenvalue weighted by Gasteiger charge is 2.12. The van der Waals surface area contributed by atoms with Crippen LogP contribution in [-0.2, 0) is 19.1 Å². The lowest BCUT2D eigenvalue weighted by atomic mass is 10.1. The molecule has 0 bridgehead atoms. The second-order valence-corrected chi connectivity index (χ2v) is 11.6. The van der Waals surface area contributed by atoms with Crippen LogP contribution in [0.5, 0.6) is 0 Å². The fraction of sp³-hybridized carbons (Fsp3) is 0.650. The van der Waals surface area contributed by atoms with E-state index in [1.165, 1.54) is 25.7 Å². The van der Waals surface area contributed by atoms with E-state index < -0.39 is 6.10 Å². The molecule has 256 valence electrons. The second-order valence-electron chi connectivity index (χ2n) is 11.6. The van der Waals surface area contributed by atoms with Crippen molar-refractivity contribution in [1.29, 1.82) is 0 Å². The van der Waals surface area contributed by atoms with Gasteiger partial charge in [-0.15, -0.1) is 0 Å². The van der Waals surface area contributed by atoms with Gasteiger partial charge >= 0.3 is 11.9 Å². The van der Waals surface area contributed by atoms with Crippen molar-refractivity contribution >= 4 is 11.9 Å². The van der Waals surface area contributed by atoms with E-state index in [1.54, 1.807) is 0 Å². The maximum atomic E-state index is 11.9. The molecule has 0 aromatic heterocycles. The average molecular weight is 627 g/mol. The molecule has 0 amide bonds. The zero-order valence-electron chi connectivity index (χ0n) is 28.8. The van der Waals surface area contributed by atoms with Crippen LogP contribution >= 0.6 is 0 Å². The van der Waals surface area contributed by atoms with Crippen molar-refractivity contribution in [2.24, 2.45) is 0 Å². The third-order valence-corrected chi connectivity index (χ3v) is 7.19. The van der Waals surface area contributed by atoms with E-state index in [0.29, 0.717) is 12.8 Å².